The van der Waals surface area contributed by atoms with Crippen LogP contribution in [0, 0.1) is 0 Å². The van der Waals surface area contributed by atoms with Gasteiger partial charge in [0.1, 0.15) is 5.69 Å². The predicted octanol–water partition coefficient (Wildman–Crippen LogP) is 0.713. The molecule has 2 aliphatic rings. The van der Waals surface area contributed by atoms with Gasteiger partial charge in [-0.05, 0) is 38.8 Å². The molecule has 0 radical (unpaired) electrons. The van der Waals surface area contributed by atoms with E-state index in [4.69, 9.17) is 5.11 Å². The number of piperidine rings is 1. The van der Waals surface area contributed by atoms with Crippen LogP contribution in [0.1, 0.15) is 42.6 Å². The number of fused-ring (bicyclic) bond motifs is 2. The lowest BCUT2D eigenvalue weighted by molar-refractivity contribution is -0.122. The molecule has 0 aliphatic carbocycles. The fourth-order valence-electron chi connectivity index (χ4n) is 3.73. The molecule has 1 amide bonds. The van der Waals surface area contributed by atoms with Gasteiger partial charge in [-0.3, -0.25) is 9.48 Å². The number of hydrogen-bond donors (Lipinski definition) is 2. The molecule has 2 atom stereocenters. The van der Waals surface area contributed by atoms with Crippen LogP contribution in [0.15, 0.2) is 12.3 Å². The van der Waals surface area contributed by atoms with Crippen LogP contribution in [0.5, 0.6) is 0 Å². The first kappa shape index (κ1) is 15.0. The number of nitrogens with one attached hydrogen (secondary N) is 1. The summed E-state index contributed by atoms with van der Waals surface area (Å²) in [5, 5.41) is 16.1. The molecule has 3 heterocycles. The molecule has 1 aromatic rings. The number of carboxylic acid groups (broad SMARTS) is 1. The number of carbonyl (C=O) groups is 2. The maximum Gasteiger partial charge on any atom is 0.354 e. The lowest BCUT2D eigenvalue weighted by Gasteiger charge is -2.36. The van der Waals surface area contributed by atoms with Gasteiger partial charge in [0.2, 0.25) is 5.91 Å². The van der Waals surface area contributed by atoms with Crippen molar-refractivity contribution in [1.82, 2.24) is 20.0 Å². The van der Waals surface area contributed by atoms with E-state index in [2.05, 4.69) is 22.4 Å². The highest BCUT2D eigenvalue weighted by Gasteiger charge is 2.38. The molecular weight excluding hydrogens is 284 g/mol. The van der Waals surface area contributed by atoms with Crippen LogP contribution >= 0.6 is 0 Å². The Labute approximate surface area is 129 Å². The Hall–Kier alpha value is -1.89. The van der Waals surface area contributed by atoms with Crippen molar-refractivity contribution >= 4 is 11.9 Å². The van der Waals surface area contributed by atoms with Gasteiger partial charge in [-0.25, -0.2) is 4.79 Å². The van der Waals surface area contributed by atoms with Crippen molar-refractivity contribution in [2.75, 3.05) is 7.05 Å². The smallest absolute Gasteiger partial charge is 0.354 e. The fraction of sp³-hybridized carbons (Fsp3) is 0.667. The Kier molecular flexibility index (Phi) is 4.15. The van der Waals surface area contributed by atoms with Gasteiger partial charge in [0.25, 0.3) is 0 Å². The van der Waals surface area contributed by atoms with E-state index >= 15 is 0 Å². The number of aromatic nitrogens is 2. The maximum absolute atomic E-state index is 12.1. The number of rotatable bonds is 5. The molecule has 0 aromatic carbocycles. The standard InChI is InChI=1S/C15H22N4O3/c1-18-11-2-3-12(18)9-10(8-11)17-14(20)5-7-19-13(15(21)22)4-6-16-19/h4,6,10-12H,2-3,5,7-9H2,1H3,(H,17,20)(H,21,22). The second-order valence-corrected chi connectivity index (χ2v) is 6.28. The number of aromatic carboxylic acids is 1. The predicted molar refractivity (Wildman–Crippen MR) is 79.5 cm³/mol. The normalized spacial score (nSPS) is 27.8. The molecular formula is C15H22N4O3. The molecule has 7 heteroatoms. The van der Waals surface area contributed by atoms with Gasteiger partial charge in [0, 0.05) is 30.7 Å². The molecule has 1 aromatic heterocycles. The van der Waals surface area contributed by atoms with Crippen LogP contribution < -0.4 is 5.32 Å². The Bertz CT molecular complexity index is 557. The van der Waals surface area contributed by atoms with Crippen molar-refractivity contribution in [3.05, 3.63) is 18.0 Å². The molecule has 22 heavy (non-hydrogen) atoms. The maximum atomic E-state index is 12.1. The molecule has 3 rings (SSSR count). The summed E-state index contributed by atoms with van der Waals surface area (Å²) in [6.45, 7) is 0.292. The van der Waals surface area contributed by atoms with Crippen molar-refractivity contribution in [3.63, 3.8) is 0 Å². The van der Waals surface area contributed by atoms with E-state index < -0.39 is 5.97 Å². The van der Waals surface area contributed by atoms with E-state index in [1.165, 1.54) is 29.8 Å². The second-order valence-electron chi connectivity index (χ2n) is 6.28. The van der Waals surface area contributed by atoms with E-state index in [9.17, 15) is 9.59 Å². The first-order valence-corrected chi connectivity index (χ1v) is 7.81. The molecule has 2 unspecified atom stereocenters. The number of amides is 1. The third kappa shape index (κ3) is 2.99. The average Bonchev–Trinajstić information content (AvgIpc) is 3.00. The Morgan fingerprint density at radius 3 is 2.68 bits per heavy atom. The zero-order chi connectivity index (χ0) is 15.7. The van der Waals surface area contributed by atoms with Gasteiger partial charge < -0.3 is 15.3 Å². The van der Waals surface area contributed by atoms with Gasteiger partial charge in [0.15, 0.2) is 0 Å². The van der Waals surface area contributed by atoms with Crippen LogP contribution in [-0.2, 0) is 11.3 Å². The van der Waals surface area contributed by atoms with Crippen molar-refractivity contribution in [1.29, 1.82) is 0 Å². The van der Waals surface area contributed by atoms with Crippen molar-refractivity contribution in [2.24, 2.45) is 0 Å². The average molecular weight is 306 g/mol. The first-order valence-electron chi connectivity index (χ1n) is 7.81. The van der Waals surface area contributed by atoms with E-state index in [1.807, 2.05) is 0 Å². The van der Waals surface area contributed by atoms with Crippen molar-refractivity contribution in [3.8, 4) is 0 Å². The number of aryl methyl sites for hydroxylation is 1. The lowest BCUT2D eigenvalue weighted by atomic mass is 9.98. The topological polar surface area (TPSA) is 87.5 Å². The van der Waals surface area contributed by atoms with Gasteiger partial charge in [0.05, 0.1) is 6.54 Å². The second kappa shape index (κ2) is 6.08. The number of carbonyl (C=O) groups excluding carboxylic acids is 1. The SMILES string of the molecule is CN1C2CCC1CC(NC(=O)CCn1nccc1C(=O)O)C2. The minimum absolute atomic E-state index is 0.0270. The zero-order valence-corrected chi connectivity index (χ0v) is 12.7. The molecule has 2 fully saturated rings. The van der Waals surface area contributed by atoms with E-state index in [-0.39, 0.29) is 24.1 Å². The third-order valence-corrected chi connectivity index (χ3v) is 4.95. The Morgan fingerprint density at radius 2 is 2.05 bits per heavy atom. The molecule has 120 valence electrons. The van der Waals surface area contributed by atoms with Crippen molar-refractivity contribution < 1.29 is 14.7 Å². The summed E-state index contributed by atoms with van der Waals surface area (Å²) in [4.78, 5) is 25.5. The van der Waals surface area contributed by atoms with Crippen LogP contribution in [0.2, 0.25) is 0 Å². The Balaban J connectivity index is 1.49. The van der Waals surface area contributed by atoms with Crippen LogP contribution in [0.25, 0.3) is 0 Å². The summed E-state index contributed by atoms with van der Waals surface area (Å²) in [6.07, 6.45) is 6.17. The Morgan fingerprint density at radius 1 is 1.36 bits per heavy atom. The number of nitrogens with zero attached hydrogens (tertiary/aromatic N) is 3. The van der Waals surface area contributed by atoms with Crippen LogP contribution in [0.3, 0.4) is 0 Å². The van der Waals surface area contributed by atoms with Gasteiger partial charge >= 0.3 is 5.97 Å². The number of hydrogen-bond acceptors (Lipinski definition) is 4. The third-order valence-electron chi connectivity index (χ3n) is 4.95. The minimum Gasteiger partial charge on any atom is -0.477 e. The molecule has 2 bridgehead atoms. The van der Waals surface area contributed by atoms with Gasteiger partial charge in [-0.15, -0.1) is 0 Å². The first-order chi connectivity index (χ1) is 10.5. The van der Waals surface area contributed by atoms with Gasteiger partial charge in [-0.2, -0.15) is 5.10 Å². The molecule has 0 saturated carbocycles. The summed E-state index contributed by atoms with van der Waals surface area (Å²) < 4.78 is 1.36. The van der Waals surface area contributed by atoms with E-state index in [0.29, 0.717) is 18.6 Å². The van der Waals surface area contributed by atoms with Gasteiger partial charge in [-0.1, -0.05) is 0 Å². The molecule has 2 N–H and O–H groups in total. The zero-order valence-electron chi connectivity index (χ0n) is 12.7. The molecule has 2 aliphatic heterocycles. The molecule has 7 nitrogen and oxygen atoms in total. The fourth-order valence-corrected chi connectivity index (χ4v) is 3.73. The largest absolute Gasteiger partial charge is 0.477 e. The van der Waals surface area contributed by atoms with Crippen LogP contribution in [-0.4, -0.2) is 56.8 Å². The minimum atomic E-state index is -1.02. The highest BCUT2D eigenvalue weighted by atomic mass is 16.4. The van der Waals surface area contributed by atoms with E-state index in [1.54, 1.807) is 0 Å². The number of carboxylic acids is 1. The quantitative estimate of drug-likeness (QED) is 0.836. The summed E-state index contributed by atoms with van der Waals surface area (Å²) >= 11 is 0. The van der Waals surface area contributed by atoms with Crippen LogP contribution in [0.4, 0.5) is 0 Å². The monoisotopic (exact) mass is 306 g/mol. The summed E-state index contributed by atoms with van der Waals surface area (Å²) in [5.41, 5.74) is 0.116. The van der Waals surface area contributed by atoms with Crippen molar-refractivity contribution in [2.45, 2.75) is 56.8 Å². The molecule has 0 spiro atoms. The highest BCUT2D eigenvalue weighted by molar-refractivity contribution is 5.85. The van der Waals surface area contributed by atoms with E-state index in [0.717, 1.165) is 12.8 Å². The summed E-state index contributed by atoms with van der Waals surface area (Å²) in [6, 6.07) is 2.87. The molecule has 2 saturated heterocycles. The summed E-state index contributed by atoms with van der Waals surface area (Å²) in [5.74, 6) is -1.05. The highest BCUT2D eigenvalue weighted by Crippen LogP contribution is 2.34. The summed E-state index contributed by atoms with van der Waals surface area (Å²) in [7, 11) is 2.17. The lowest BCUT2D eigenvalue weighted by Crippen LogP contribution is -2.48.